The first kappa shape index (κ1) is 58.6. The maximum atomic E-state index is 14.8. The highest BCUT2D eigenvalue weighted by Gasteiger charge is 2.46. The lowest BCUT2D eigenvalue weighted by Gasteiger charge is -2.36. The van der Waals surface area contributed by atoms with Crippen LogP contribution in [-0.4, -0.2) is 147 Å². The van der Waals surface area contributed by atoms with Gasteiger partial charge in [0, 0.05) is 46.1 Å². The fourth-order valence-corrected chi connectivity index (χ4v) is 10.7. The van der Waals surface area contributed by atoms with Crippen molar-refractivity contribution in [2.24, 2.45) is 10.8 Å². The Bertz CT molecular complexity index is 2720. The molecule has 4 heterocycles. The molecule has 0 unspecified atom stereocenters. The highest BCUT2D eigenvalue weighted by Crippen LogP contribution is 2.32. The van der Waals surface area contributed by atoms with Crippen molar-refractivity contribution in [3.63, 3.8) is 0 Å². The molecule has 2 aromatic heterocycles. The summed E-state index contributed by atoms with van der Waals surface area (Å²) >= 11 is 2.74. The predicted molar refractivity (Wildman–Crippen MR) is 291 cm³/mol. The van der Waals surface area contributed by atoms with E-state index in [1.165, 1.54) is 29.6 Å². The number of carbonyl (C=O) groups is 6. The summed E-state index contributed by atoms with van der Waals surface area (Å²) in [6, 6.07) is 21.4. The molecular weight excluding hydrogens is 1040 g/mol. The Balaban J connectivity index is 1.09. The van der Waals surface area contributed by atoms with E-state index in [1.807, 2.05) is 102 Å². The summed E-state index contributed by atoms with van der Waals surface area (Å²) in [4.78, 5) is 89.5. The van der Waals surface area contributed by atoms with Crippen molar-refractivity contribution in [2.45, 2.75) is 177 Å². The number of hydrogen-bond acceptors (Lipinski definition) is 16. The topological polar surface area (TPSA) is 263 Å². The zero-order chi connectivity index (χ0) is 56.7. The first-order valence-electron chi connectivity index (χ1n) is 25.9. The number of carbonyl (C=O) groups excluding carboxylic acids is 6. The first-order valence-corrected chi connectivity index (χ1v) is 27.5. The number of amides is 6. The molecule has 7 rings (SSSR count). The van der Waals surface area contributed by atoms with Gasteiger partial charge in [0.2, 0.25) is 22.1 Å². The molecule has 78 heavy (non-hydrogen) atoms. The van der Waals surface area contributed by atoms with E-state index in [9.17, 15) is 28.8 Å². The van der Waals surface area contributed by atoms with Crippen LogP contribution in [0, 0.1) is 10.8 Å². The first-order chi connectivity index (χ1) is 36.6. The van der Waals surface area contributed by atoms with Crippen molar-refractivity contribution in [3.8, 4) is 0 Å². The number of nitrogens with one attached hydrogen (secondary N) is 4. The molecule has 2 aliphatic heterocycles. The van der Waals surface area contributed by atoms with Crippen molar-refractivity contribution in [3.05, 3.63) is 96.1 Å². The number of tetrazole rings is 2. The summed E-state index contributed by atoms with van der Waals surface area (Å²) in [5.74, 6) is -1.69. The molecule has 0 spiro atoms. The van der Waals surface area contributed by atoms with Crippen LogP contribution in [-0.2, 0) is 32.2 Å². The van der Waals surface area contributed by atoms with Crippen LogP contribution >= 0.6 is 23.5 Å². The summed E-state index contributed by atoms with van der Waals surface area (Å²) in [7, 11) is 0. The summed E-state index contributed by atoms with van der Waals surface area (Å²) < 4.78 is 14.4. The number of nitrogens with zero attached hydrogens (tertiary/aromatic N) is 10. The van der Waals surface area contributed by atoms with Crippen molar-refractivity contribution < 1.29 is 38.2 Å². The van der Waals surface area contributed by atoms with E-state index in [2.05, 4.69) is 52.3 Å². The number of alkyl carbamates (subject to hydrolysis) is 2. The van der Waals surface area contributed by atoms with Gasteiger partial charge in [-0.3, -0.25) is 19.2 Å². The third-order valence-corrected chi connectivity index (χ3v) is 14.6. The zero-order valence-corrected chi connectivity index (χ0v) is 48.0. The molecule has 0 aliphatic carbocycles. The largest absolute Gasteiger partial charge is 0.444 e. The SMILES string of the molecule is CC(C)(C)OC(=O)N[C@H](C(=O)N1C[C@@H](NC(=O)c2cccc(C(=O)N[C@H]3C[C@@H](Cn4nnnc4Sc4ccccc4)N(C(=O)[C@H](NC(=O)OC(C)(C)C)C(C)(C)C)C3)c2)C[C@H]1Cn1nnnc1Sc1ccccc1)C(C)(C)C. The van der Waals surface area contributed by atoms with Crippen molar-refractivity contribution in [2.75, 3.05) is 13.1 Å². The molecular formula is C54H72N14O8S2. The van der Waals surface area contributed by atoms with Gasteiger partial charge in [0.05, 0.1) is 25.2 Å². The molecule has 0 saturated carbocycles. The van der Waals surface area contributed by atoms with Gasteiger partial charge in [-0.05, 0) is 152 Å². The number of likely N-dealkylation sites (tertiary alicyclic amines) is 2. The summed E-state index contributed by atoms with van der Waals surface area (Å²) in [5, 5.41) is 37.8. The lowest BCUT2D eigenvalue weighted by atomic mass is 9.85. The minimum Gasteiger partial charge on any atom is -0.444 e. The number of benzene rings is 3. The van der Waals surface area contributed by atoms with Crippen LogP contribution in [0.1, 0.15) is 117 Å². The molecule has 2 aliphatic rings. The van der Waals surface area contributed by atoms with E-state index >= 15 is 0 Å². The van der Waals surface area contributed by atoms with E-state index in [0.717, 1.165) is 9.79 Å². The van der Waals surface area contributed by atoms with Crippen LogP contribution in [0.2, 0.25) is 0 Å². The van der Waals surface area contributed by atoms with Gasteiger partial charge in [-0.2, -0.15) is 0 Å². The average Bonchev–Trinajstić information content (AvgIpc) is 4.20. The summed E-state index contributed by atoms with van der Waals surface area (Å²) in [6.45, 7) is 22.1. The normalized spacial score (nSPS) is 18.7. The third-order valence-electron chi connectivity index (χ3n) is 12.7. The molecule has 3 aromatic carbocycles. The highest BCUT2D eigenvalue weighted by molar-refractivity contribution is 7.99. The Kier molecular flexibility index (Phi) is 18.3. The molecule has 6 atom stereocenters. The van der Waals surface area contributed by atoms with Crippen molar-refractivity contribution in [1.82, 2.24) is 71.5 Å². The second-order valence-corrected chi connectivity index (χ2v) is 25.8. The molecule has 0 radical (unpaired) electrons. The molecule has 22 nitrogen and oxygen atoms in total. The van der Waals surface area contributed by atoms with Gasteiger partial charge >= 0.3 is 12.2 Å². The Hall–Kier alpha value is -7.08. The molecule has 2 saturated heterocycles. The number of hydrogen-bond donors (Lipinski definition) is 4. The Morgan fingerprint density at radius 2 is 0.923 bits per heavy atom. The van der Waals surface area contributed by atoms with Gasteiger partial charge in [-0.15, -0.1) is 10.2 Å². The highest BCUT2D eigenvalue weighted by atomic mass is 32.2. The Morgan fingerprint density at radius 3 is 1.27 bits per heavy atom. The predicted octanol–water partition coefficient (Wildman–Crippen LogP) is 6.64. The maximum absolute atomic E-state index is 14.8. The fourth-order valence-electron chi connectivity index (χ4n) is 9.10. The standard InChI is InChI=1S/C54H72N14O8S2/c1-51(2,3)41(57-49(73)75-53(7,8)9)45(71)65-29-35(27-37(65)31-67-47(59-61-63-67)77-39-22-15-13-16-23-39)55-43(69)33-20-19-21-34(26-33)44(70)56-36-28-38(32-68-48(60-62-64-68)78-40-24-17-14-18-25-40)66(30-36)46(72)42(52(4,5)6)58-50(74)76-54(10,11)12/h13-26,35-38,41-42H,27-32H2,1-12H3,(H,55,69)(H,56,70)(H,57,73)(H,58,74)/t35-,36-,37-,38-,41-,42+/m0/s1. The van der Waals surface area contributed by atoms with Crippen LogP contribution in [0.25, 0.3) is 0 Å². The molecule has 2 fully saturated rings. The van der Waals surface area contributed by atoms with Crippen LogP contribution < -0.4 is 21.3 Å². The molecule has 0 bridgehead atoms. The number of aromatic nitrogens is 8. The molecule has 6 amide bonds. The molecule has 24 heteroatoms. The van der Waals surface area contributed by atoms with Gasteiger partial charge < -0.3 is 40.5 Å². The van der Waals surface area contributed by atoms with E-state index in [4.69, 9.17) is 9.47 Å². The Morgan fingerprint density at radius 1 is 0.551 bits per heavy atom. The third kappa shape index (κ3) is 16.0. The monoisotopic (exact) mass is 1110 g/mol. The van der Waals surface area contributed by atoms with E-state index in [-0.39, 0.29) is 49.1 Å². The molecule has 418 valence electrons. The van der Waals surface area contributed by atoms with Crippen LogP contribution in [0.3, 0.4) is 0 Å². The van der Waals surface area contributed by atoms with Gasteiger partial charge in [0.1, 0.15) is 23.3 Å². The van der Waals surface area contributed by atoms with E-state index in [1.54, 1.807) is 78.9 Å². The minimum atomic E-state index is -1.00. The van der Waals surface area contributed by atoms with Crippen LogP contribution in [0.5, 0.6) is 0 Å². The van der Waals surface area contributed by atoms with Gasteiger partial charge in [0.25, 0.3) is 11.8 Å². The van der Waals surface area contributed by atoms with Gasteiger partial charge in [-0.25, -0.2) is 19.0 Å². The van der Waals surface area contributed by atoms with Crippen molar-refractivity contribution in [1.29, 1.82) is 0 Å². The minimum absolute atomic E-state index is 0.0970. The molecule has 5 aromatic rings. The number of rotatable bonds is 16. The summed E-state index contributed by atoms with van der Waals surface area (Å²) in [5.41, 5.74) is -2.70. The lowest BCUT2D eigenvalue weighted by Crippen LogP contribution is -2.57. The average molecular weight is 1110 g/mol. The smallest absolute Gasteiger partial charge is 0.408 e. The quantitative estimate of drug-likeness (QED) is 0.0807. The zero-order valence-electron chi connectivity index (χ0n) is 46.3. The van der Waals surface area contributed by atoms with Crippen LogP contribution in [0.15, 0.2) is 105 Å². The number of ether oxygens (including phenoxy) is 2. The molecule has 4 N–H and O–H groups in total. The van der Waals surface area contributed by atoms with Crippen molar-refractivity contribution >= 4 is 59.3 Å². The second kappa shape index (κ2) is 24.3. The fraction of sp³-hybridized carbons (Fsp3) is 0.519. The maximum Gasteiger partial charge on any atom is 0.408 e. The van der Waals surface area contributed by atoms with Gasteiger partial charge in [0.15, 0.2) is 0 Å². The van der Waals surface area contributed by atoms with Crippen LogP contribution in [0.4, 0.5) is 9.59 Å². The van der Waals surface area contributed by atoms with E-state index < -0.39 is 82.3 Å². The van der Waals surface area contributed by atoms with E-state index in [0.29, 0.717) is 23.2 Å². The van der Waals surface area contributed by atoms with Gasteiger partial charge in [-0.1, -0.05) is 84.0 Å². The lowest BCUT2D eigenvalue weighted by molar-refractivity contribution is -0.138. The Labute approximate surface area is 463 Å². The summed E-state index contributed by atoms with van der Waals surface area (Å²) in [6.07, 6.45) is -0.845. The second-order valence-electron chi connectivity index (χ2n) is 23.7.